The topological polar surface area (TPSA) is 67.6 Å². The highest BCUT2D eigenvalue weighted by atomic mass is 35.5. The Balaban J connectivity index is 0.00000484. The molecule has 3 N–H and O–H groups in total. The molecule has 0 aliphatic carbocycles. The third-order valence-corrected chi connectivity index (χ3v) is 4.13. The molecule has 1 amide bonds. The standard InChI is InChI=1S/C17H29N3O2.ClH/c1-6-12(2)16(18)17(21)19-11-15(20(3)4)13-8-7-9-14(10-13)22-5;/h7-10,12,15-16H,6,11,18H2,1-5H3,(H,19,21);1H. The van der Waals surface area contributed by atoms with Crippen molar-refractivity contribution in [1.82, 2.24) is 10.2 Å². The van der Waals surface area contributed by atoms with Crippen molar-refractivity contribution < 1.29 is 9.53 Å². The number of rotatable bonds is 8. The first-order valence-corrected chi connectivity index (χ1v) is 7.74. The molecule has 6 heteroatoms. The van der Waals surface area contributed by atoms with Crippen molar-refractivity contribution >= 4 is 18.3 Å². The number of benzene rings is 1. The van der Waals surface area contributed by atoms with Gasteiger partial charge in [0.15, 0.2) is 0 Å². The Morgan fingerprint density at radius 1 is 1.39 bits per heavy atom. The summed E-state index contributed by atoms with van der Waals surface area (Å²) in [5.41, 5.74) is 7.07. The van der Waals surface area contributed by atoms with Crippen LogP contribution in [-0.2, 0) is 4.79 Å². The molecule has 1 aromatic carbocycles. The Morgan fingerprint density at radius 2 is 2.04 bits per heavy atom. The van der Waals surface area contributed by atoms with E-state index in [9.17, 15) is 4.79 Å². The van der Waals surface area contributed by atoms with Crippen LogP contribution in [0.15, 0.2) is 24.3 Å². The van der Waals surface area contributed by atoms with Crippen LogP contribution in [0.25, 0.3) is 0 Å². The van der Waals surface area contributed by atoms with Gasteiger partial charge in [-0.05, 0) is 37.7 Å². The fourth-order valence-electron chi connectivity index (χ4n) is 2.27. The molecule has 0 saturated carbocycles. The summed E-state index contributed by atoms with van der Waals surface area (Å²) in [6, 6.07) is 7.51. The van der Waals surface area contributed by atoms with Gasteiger partial charge in [-0.3, -0.25) is 4.79 Å². The van der Waals surface area contributed by atoms with E-state index in [1.807, 2.05) is 52.2 Å². The molecule has 0 heterocycles. The van der Waals surface area contributed by atoms with Crippen LogP contribution in [-0.4, -0.2) is 44.6 Å². The van der Waals surface area contributed by atoms with Gasteiger partial charge < -0.3 is 20.7 Å². The summed E-state index contributed by atoms with van der Waals surface area (Å²) in [6.45, 7) is 4.55. The lowest BCUT2D eigenvalue weighted by molar-refractivity contribution is -0.123. The lowest BCUT2D eigenvalue weighted by Gasteiger charge is -2.26. The lowest BCUT2D eigenvalue weighted by atomic mass is 9.99. The van der Waals surface area contributed by atoms with Crippen LogP contribution in [0.1, 0.15) is 31.9 Å². The van der Waals surface area contributed by atoms with Crippen LogP contribution in [0, 0.1) is 5.92 Å². The normalized spacial score (nSPS) is 14.6. The molecular weight excluding hydrogens is 314 g/mol. The molecule has 5 nitrogen and oxygen atoms in total. The third-order valence-electron chi connectivity index (χ3n) is 4.13. The zero-order valence-corrected chi connectivity index (χ0v) is 15.5. The van der Waals surface area contributed by atoms with Crippen molar-refractivity contribution in [3.63, 3.8) is 0 Å². The van der Waals surface area contributed by atoms with Gasteiger partial charge in [0, 0.05) is 6.54 Å². The van der Waals surface area contributed by atoms with E-state index in [0.717, 1.165) is 17.7 Å². The summed E-state index contributed by atoms with van der Waals surface area (Å²) >= 11 is 0. The van der Waals surface area contributed by atoms with Gasteiger partial charge in [-0.2, -0.15) is 0 Å². The Bertz CT molecular complexity index is 483. The molecule has 0 aliphatic heterocycles. The number of amides is 1. The Hall–Kier alpha value is -1.30. The van der Waals surface area contributed by atoms with Gasteiger partial charge in [-0.25, -0.2) is 0 Å². The van der Waals surface area contributed by atoms with Crippen LogP contribution in [0.4, 0.5) is 0 Å². The fraction of sp³-hybridized carbons (Fsp3) is 0.588. The second kappa shape index (κ2) is 10.5. The number of carbonyl (C=O) groups is 1. The number of hydrogen-bond acceptors (Lipinski definition) is 4. The Kier molecular flexibility index (Phi) is 9.88. The predicted octanol–water partition coefficient (Wildman–Crippen LogP) is 2.21. The summed E-state index contributed by atoms with van der Waals surface area (Å²) in [5, 5.41) is 2.97. The zero-order chi connectivity index (χ0) is 16.7. The van der Waals surface area contributed by atoms with Crippen LogP contribution in [0.3, 0.4) is 0 Å². The number of ether oxygens (including phenoxy) is 1. The van der Waals surface area contributed by atoms with Crippen molar-refractivity contribution in [2.24, 2.45) is 11.7 Å². The SMILES string of the molecule is CCC(C)C(N)C(=O)NCC(c1cccc(OC)c1)N(C)C.Cl. The van der Waals surface area contributed by atoms with Crippen molar-refractivity contribution in [2.75, 3.05) is 27.7 Å². The van der Waals surface area contributed by atoms with Gasteiger partial charge in [0.1, 0.15) is 5.75 Å². The molecule has 0 saturated heterocycles. The van der Waals surface area contributed by atoms with Gasteiger partial charge in [-0.1, -0.05) is 32.4 Å². The van der Waals surface area contributed by atoms with Crippen molar-refractivity contribution in [1.29, 1.82) is 0 Å². The molecule has 0 fully saturated rings. The van der Waals surface area contributed by atoms with Crippen molar-refractivity contribution in [3.05, 3.63) is 29.8 Å². The molecule has 23 heavy (non-hydrogen) atoms. The smallest absolute Gasteiger partial charge is 0.237 e. The Morgan fingerprint density at radius 3 is 2.57 bits per heavy atom. The highest BCUT2D eigenvalue weighted by molar-refractivity contribution is 5.85. The minimum Gasteiger partial charge on any atom is -0.497 e. The van der Waals surface area contributed by atoms with Crippen molar-refractivity contribution in [3.8, 4) is 5.75 Å². The zero-order valence-electron chi connectivity index (χ0n) is 14.7. The van der Waals surface area contributed by atoms with Crippen LogP contribution < -0.4 is 15.8 Å². The fourth-order valence-corrected chi connectivity index (χ4v) is 2.27. The average molecular weight is 344 g/mol. The Labute approximate surface area is 146 Å². The number of carbonyl (C=O) groups excluding carboxylic acids is 1. The monoisotopic (exact) mass is 343 g/mol. The van der Waals surface area contributed by atoms with Gasteiger partial charge in [0.2, 0.25) is 5.91 Å². The largest absolute Gasteiger partial charge is 0.497 e. The highest BCUT2D eigenvalue weighted by Gasteiger charge is 2.21. The number of methoxy groups -OCH3 is 1. The summed E-state index contributed by atoms with van der Waals surface area (Å²) in [4.78, 5) is 14.2. The summed E-state index contributed by atoms with van der Waals surface area (Å²) in [6.07, 6.45) is 0.890. The second-order valence-electron chi connectivity index (χ2n) is 5.91. The maximum atomic E-state index is 12.1. The van der Waals surface area contributed by atoms with Crippen LogP contribution in [0.2, 0.25) is 0 Å². The van der Waals surface area contributed by atoms with Crippen LogP contribution >= 0.6 is 12.4 Å². The minimum absolute atomic E-state index is 0. The van der Waals surface area contributed by atoms with E-state index in [1.165, 1.54) is 0 Å². The summed E-state index contributed by atoms with van der Waals surface area (Å²) < 4.78 is 5.27. The number of hydrogen-bond donors (Lipinski definition) is 2. The van der Waals surface area contributed by atoms with E-state index in [-0.39, 0.29) is 30.3 Å². The van der Waals surface area contributed by atoms with E-state index < -0.39 is 6.04 Å². The molecular formula is C17H30ClN3O2. The van der Waals surface area contributed by atoms with E-state index in [2.05, 4.69) is 10.2 Å². The molecule has 0 spiro atoms. The highest BCUT2D eigenvalue weighted by Crippen LogP contribution is 2.22. The van der Waals surface area contributed by atoms with Gasteiger partial charge in [0.25, 0.3) is 0 Å². The maximum Gasteiger partial charge on any atom is 0.237 e. The lowest BCUT2D eigenvalue weighted by Crippen LogP contribution is -2.46. The summed E-state index contributed by atoms with van der Waals surface area (Å²) in [5.74, 6) is 0.894. The first-order valence-electron chi connectivity index (χ1n) is 7.74. The maximum absolute atomic E-state index is 12.1. The first-order chi connectivity index (χ1) is 10.4. The second-order valence-corrected chi connectivity index (χ2v) is 5.91. The third kappa shape index (κ3) is 6.37. The molecule has 0 aliphatic rings. The predicted molar refractivity (Wildman–Crippen MR) is 97.1 cm³/mol. The number of nitrogens with zero attached hydrogens (tertiary/aromatic N) is 1. The molecule has 0 aromatic heterocycles. The number of nitrogens with two attached hydrogens (primary N) is 1. The molecule has 0 radical (unpaired) electrons. The molecule has 1 aromatic rings. The molecule has 0 bridgehead atoms. The molecule has 3 atom stereocenters. The molecule has 1 rings (SSSR count). The number of nitrogens with one attached hydrogen (secondary N) is 1. The van der Waals surface area contributed by atoms with Gasteiger partial charge in [0.05, 0.1) is 19.2 Å². The quantitative estimate of drug-likeness (QED) is 0.759. The van der Waals surface area contributed by atoms with Crippen LogP contribution in [0.5, 0.6) is 5.75 Å². The average Bonchev–Trinajstić information content (AvgIpc) is 2.53. The minimum atomic E-state index is -0.460. The van der Waals surface area contributed by atoms with E-state index in [4.69, 9.17) is 10.5 Å². The number of likely N-dealkylation sites (N-methyl/N-ethyl adjacent to an activating group) is 1. The van der Waals surface area contributed by atoms with Crippen molar-refractivity contribution in [2.45, 2.75) is 32.4 Å². The van der Waals surface area contributed by atoms with Gasteiger partial charge >= 0.3 is 0 Å². The number of halogens is 1. The van der Waals surface area contributed by atoms with E-state index >= 15 is 0 Å². The molecule has 3 unspecified atom stereocenters. The summed E-state index contributed by atoms with van der Waals surface area (Å²) in [7, 11) is 5.63. The van der Waals surface area contributed by atoms with E-state index in [0.29, 0.717) is 6.54 Å². The first kappa shape index (κ1) is 21.7. The van der Waals surface area contributed by atoms with E-state index in [1.54, 1.807) is 7.11 Å². The molecule has 132 valence electrons. The van der Waals surface area contributed by atoms with Gasteiger partial charge in [-0.15, -0.1) is 12.4 Å².